The van der Waals surface area contributed by atoms with Gasteiger partial charge in [0.1, 0.15) is 6.67 Å². The molecule has 1 aromatic rings. The minimum absolute atomic E-state index is 0.0207. The predicted octanol–water partition coefficient (Wildman–Crippen LogP) is 1.13. The van der Waals surface area contributed by atoms with Crippen molar-refractivity contribution in [2.24, 2.45) is 0 Å². The number of pyridine rings is 1. The summed E-state index contributed by atoms with van der Waals surface area (Å²) in [7, 11) is -3.53. The molecular formula is C8H10FNO2S. The van der Waals surface area contributed by atoms with Gasteiger partial charge in [0.25, 0.3) is 0 Å². The van der Waals surface area contributed by atoms with Crippen molar-refractivity contribution in [3.05, 3.63) is 23.9 Å². The SMILES string of the molecule is Cc1cccnc1S(=O)(=O)CCF. The van der Waals surface area contributed by atoms with Crippen LogP contribution in [0.15, 0.2) is 23.4 Å². The molecule has 0 N–H and O–H groups in total. The van der Waals surface area contributed by atoms with Crippen LogP contribution in [0.1, 0.15) is 5.56 Å². The van der Waals surface area contributed by atoms with Crippen molar-refractivity contribution in [2.45, 2.75) is 11.9 Å². The average molecular weight is 203 g/mol. The van der Waals surface area contributed by atoms with Gasteiger partial charge in [-0.25, -0.2) is 17.8 Å². The lowest BCUT2D eigenvalue weighted by molar-refractivity contribution is 0.516. The van der Waals surface area contributed by atoms with Crippen molar-refractivity contribution >= 4 is 9.84 Å². The predicted molar refractivity (Wildman–Crippen MR) is 47.0 cm³/mol. The van der Waals surface area contributed by atoms with Gasteiger partial charge >= 0.3 is 0 Å². The van der Waals surface area contributed by atoms with Crippen LogP contribution in [-0.2, 0) is 9.84 Å². The first-order valence-corrected chi connectivity index (χ1v) is 5.43. The largest absolute Gasteiger partial charge is 0.250 e. The van der Waals surface area contributed by atoms with E-state index >= 15 is 0 Å². The van der Waals surface area contributed by atoms with E-state index in [0.29, 0.717) is 5.56 Å². The topological polar surface area (TPSA) is 47.0 Å². The highest BCUT2D eigenvalue weighted by molar-refractivity contribution is 7.91. The minimum Gasteiger partial charge on any atom is -0.250 e. The summed E-state index contributed by atoms with van der Waals surface area (Å²) >= 11 is 0. The molecule has 1 rings (SSSR count). The Morgan fingerprint density at radius 2 is 2.23 bits per heavy atom. The maximum Gasteiger partial charge on any atom is 0.198 e. The van der Waals surface area contributed by atoms with E-state index in [1.165, 1.54) is 6.20 Å². The molecule has 0 atom stereocenters. The Balaban J connectivity index is 3.15. The summed E-state index contributed by atoms with van der Waals surface area (Å²) in [5, 5.41) is -0.0207. The Morgan fingerprint density at radius 3 is 2.77 bits per heavy atom. The second-order valence-electron chi connectivity index (χ2n) is 2.63. The summed E-state index contributed by atoms with van der Waals surface area (Å²) in [5.41, 5.74) is 0.552. The zero-order valence-corrected chi connectivity index (χ0v) is 8.01. The molecule has 0 aliphatic rings. The Morgan fingerprint density at radius 1 is 1.54 bits per heavy atom. The monoisotopic (exact) mass is 203 g/mol. The number of aryl methyl sites for hydroxylation is 1. The van der Waals surface area contributed by atoms with Crippen LogP contribution in [0.25, 0.3) is 0 Å². The second-order valence-corrected chi connectivity index (χ2v) is 4.66. The van der Waals surface area contributed by atoms with E-state index in [0.717, 1.165) is 0 Å². The number of alkyl halides is 1. The Hall–Kier alpha value is -0.970. The molecule has 0 fully saturated rings. The molecule has 5 heteroatoms. The van der Waals surface area contributed by atoms with Gasteiger partial charge in [0, 0.05) is 6.20 Å². The second kappa shape index (κ2) is 3.83. The summed E-state index contributed by atoms with van der Waals surface area (Å²) in [6.45, 7) is 0.760. The number of rotatable bonds is 3. The number of hydrogen-bond donors (Lipinski definition) is 0. The molecule has 0 saturated carbocycles. The number of aromatic nitrogens is 1. The van der Waals surface area contributed by atoms with Crippen LogP contribution in [0.2, 0.25) is 0 Å². The van der Waals surface area contributed by atoms with Crippen molar-refractivity contribution < 1.29 is 12.8 Å². The summed E-state index contributed by atoms with van der Waals surface area (Å²) < 4.78 is 34.6. The minimum atomic E-state index is -3.53. The maximum atomic E-state index is 11.9. The third-order valence-electron chi connectivity index (χ3n) is 1.60. The quantitative estimate of drug-likeness (QED) is 0.740. The lowest BCUT2D eigenvalue weighted by Gasteiger charge is -2.03. The fourth-order valence-corrected chi connectivity index (χ4v) is 2.17. The van der Waals surface area contributed by atoms with Gasteiger partial charge in [-0.05, 0) is 18.6 Å². The van der Waals surface area contributed by atoms with Gasteiger partial charge in [-0.3, -0.25) is 0 Å². The van der Waals surface area contributed by atoms with Gasteiger partial charge in [-0.15, -0.1) is 0 Å². The zero-order valence-electron chi connectivity index (χ0n) is 7.20. The van der Waals surface area contributed by atoms with Crippen molar-refractivity contribution in [2.75, 3.05) is 12.4 Å². The highest BCUT2D eigenvalue weighted by atomic mass is 32.2. The van der Waals surface area contributed by atoms with Crippen LogP contribution in [0.3, 0.4) is 0 Å². The van der Waals surface area contributed by atoms with Crippen molar-refractivity contribution in [1.29, 1.82) is 0 Å². The van der Waals surface area contributed by atoms with E-state index in [4.69, 9.17) is 0 Å². The Labute approximate surface area is 76.5 Å². The normalized spacial score (nSPS) is 11.5. The molecule has 0 unspecified atom stereocenters. The molecule has 72 valence electrons. The third kappa shape index (κ3) is 2.24. The fraction of sp³-hybridized carbons (Fsp3) is 0.375. The molecule has 1 aromatic heterocycles. The number of hydrogen-bond acceptors (Lipinski definition) is 3. The van der Waals surface area contributed by atoms with Crippen molar-refractivity contribution in [1.82, 2.24) is 4.98 Å². The number of sulfone groups is 1. The van der Waals surface area contributed by atoms with Gasteiger partial charge in [-0.1, -0.05) is 6.07 Å². The maximum absolute atomic E-state index is 11.9. The van der Waals surface area contributed by atoms with Crippen molar-refractivity contribution in [3.63, 3.8) is 0 Å². The smallest absolute Gasteiger partial charge is 0.198 e. The van der Waals surface area contributed by atoms with Crippen LogP contribution in [-0.4, -0.2) is 25.8 Å². The van der Waals surface area contributed by atoms with Gasteiger partial charge in [-0.2, -0.15) is 0 Å². The van der Waals surface area contributed by atoms with Gasteiger partial charge in [0.15, 0.2) is 14.9 Å². The Kier molecular flexibility index (Phi) is 2.98. The summed E-state index contributed by atoms with van der Waals surface area (Å²) in [6.07, 6.45) is 1.39. The first-order valence-electron chi connectivity index (χ1n) is 3.78. The Bertz CT molecular complexity index is 389. The zero-order chi connectivity index (χ0) is 9.90. The summed E-state index contributed by atoms with van der Waals surface area (Å²) in [5.74, 6) is -0.495. The molecule has 0 amide bonds. The molecule has 0 radical (unpaired) electrons. The lowest BCUT2D eigenvalue weighted by Crippen LogP contribution is -2.11. The first kappa shape index (κ1) is 10.1. The van der Waals surface area contributed by atoms with E-state index in [1.54, 1.807) is 19.1 Å². The third-order valence-corrected chi connectivity index (χ3v) is 3.31. The molecular weight excluding hydrogens is 193 g/mol. The molecule has 0 bridgehead atoms. The van der Waals surface area contributed by atoms with Gasteiger partial charge in [0.05, 0.1) is 5.75 Å². The van der Waals surface area contributed by atoms with Crippen molar-refractivity contribution in [3.8, 4) is 0 Å². The van der Waals surface area contributed by atoms with E-state index in [1.807, 2.05) is 0 Å². The van der Waals surface area contributed by atoms with E-state index < -0.39 is 22.3 Å². The molecule has 0 saturated heterocycles. The summed E-state index contributed by atoms with van der Waals surface area (Å²) in [6, 6.07) is 3.28. The molecule has 3 nitrogen and oxygen atoms in total. The van der Waals surface area contributed by atoms with Crippen LogP contribution >= 0.6 is 0 Å². The molecule has 13 heavy (non-hydrogen) atoms. The van der Waals surface area contributed by atoms with Gasteiger partial charge < -0.3 is 0 Å². The molecule has 0 aromatic carbocycles. The average Bonchev–Trinajstić information content (AvgIpc) is 2.04. The number of halogens is 1. The highest BCUT2D eigenvalue weighted by Gasteiger charge is 2.17. The van der Waals surface area contributed by atoms with E-state index in [-0.39, 0.29) is 5.03 Å². The van der Waals surface area contributed by atoms with Gasteiger partial charge in [0.2, 0.25) is 0 Å². The van der Waals surface area contributed by atoms with Crippen LogP contribution in [0.4, 0.5) is 4.39 Å². The molecule has 0 spiro atoms. The molecule has 0 aliphatic heterocycles. The lowest BCUT2D eigenvalue weighted by atomic mass is 10.3. The van der Waals surface area contributed by atoms with Crippen LogP contribution in [0.5, 0.6) is 0 Å². The number of nitrogens with zero attached hydrogens (tertiary/aromatic N) is 1. The fourth-order valence-electron chi connectivity index (χ4n) is 0.995. The van der Waals surface area contributed by atoms with Crippen LogP contribution < -0.4 is 0 Å². The molecule has 1 heterocycles. The van der Waals surface area contributed by atoms with Crippen LogP contribution in [0, 0.1) is 6.92 Å². The summed E-state index contributed by atoms with van der Waals surface area (Å²) in [4.78, 5) is 3.71. The highest BCUT2D eigenvalue weighted by Crippen LogP contribution is 2.12. The molecule has 0 aliphatic carbocycles. The van der Waals surface area contributed by atoms with E-state index in [9.17, 15) is 12.8 Å². The first-order chi connectivity index (χ1) is 6.08. The standard InChI is InChI=1S/C8H10FNO2S/c1-7-3-2-5-10-8(7)13(11,12)6-4-9/h2-3,5H,4,6H2,1H3. The van der Waals surface area contributed by atoms with E-state index in [2.05, 4.69) is 4.98 Å².